The number of fused-ring (bicyclic) bond motifs is 2. The molecule has 1 saturated carbocycles. The van der Waals surface area contributed by atoms with Crippen LogP contribution in [0.5, 0.6) is 0 Å². The van der Waals surface area contributed by atoms with Crippen molar-refractivity contribution in [1.29, 1.82) is 0 Å². The Bertz CT molecular complexity index is 937. The third-order valence-electron chi connectivity index (χ3n) is 8.35. The molecule has 2 aromatic heterocycles. The molecule has 0 radical (unpaired) electrons. The molecular weight excluding hydrogens is 444 g/mol. The highest BCUT2D eigenvalue weighted by Crippen LogP contribution is 2.42. The van der Waals surface area contributed by atoms with E-state index < -0.39 is 0 Å². The van der Waals surface area contributed by atoms with Crippen molar-refractivity contribution < 1.29 is 4.79 Å². The number of carbonyl (C=O) groups is 1. The first-order valence-corrected chi connectivity index (χ1v) is 14.3. The van der Waals surface area contributed by atoms with Gasteiger partial charge in [-0.25, -0.2) is 4.98 Å². The second-order valence-electron chi connectivity index (χ2n) is 10.9. The Balaban J connectivity index is 1.23. The highest BCUT2D eigenvalue weighted by Gasteiger charge is 2.42. The summed E-state index contributed by atoms with van der Waals surface area (Å²) in [5.74, 6) is 3.00. The minimum Gasteiger partial charge on any atom is -0.347 e. The summed E-state index contributed by atoms with van der Waals surface area (Å²) in [6.07, 6.45) is 13.4. The van der Waals surface area contributed by atoms with Gasteiger partial charge in [0.15, 0.2) is 0 Å². The molecule has 2 saturated heterocycles. The number of aryl methyl sites for hydroxylation is 1. The van der Waals surface area contributed by atoms with E-state index >= 15 is 0 Å². The van der Waals surface area contributed by atoms with Gasteiger partial charge in [0.1, 0.15) is 16.7 Å². The molecule has 1 aliphatic carbocycles. The monoisotopic (exact) mass is 484 g/mol. The zero-order valence-electron chi connectivity index (χ0n) is 20.9. The van der Waals surface area contributed by atoms with Crippen LogP contribution in [0.4, 0.5) is 0 Å². The van der Waals surface area contributed by atoms with Crippen LogP contribution in [0.25, 0.3) is 0 Å². The lowest BCUT2D eigenvalue weighted by atomic mass is 9.88. The Labute approximate surface area is 207 Å². The van der Waals surface area contributed by atoms with E-state index in [0.29, 0.717) is 24.0 Å². The molecule has 5 rings (SSSR count). The van der Waals surface area contributed by atoms with Gasteiger partial charge in [0, 0.05) is 48.1 Å². The zero-order chi connectivity index (χ0) is 23.7. The molecule has 34 heavy (non-hydrogen) atoms. The number of carbonyl (C=O) groups excluding carboxylic acids is 1. The quantitative estimate of drug-likeness (QED) is 0.560. The molecule has 2 aromatic rings. The topological polar surface area (TPSA) is 75.9 Å². The van der Waals surface area contributed by atoms with Crippen LogP contribution in [0.2, 0.25) is 0 Å². The summed E-state index contributed by atoms with van der Waals surface area (Å²) in [7, 11) is 0. The number of rotatable bonds is 8. The molecule has 2 bridgehead atoms. The fourth-order valence-electron chi connectivity index (χ4n) is 6.65. The first-order chi connectivity index (χ1) is 16.5. The second-order valence-corrected chi connectivity index (χ2v) is 11.9. The number of thiazole rings is 1. The minimum absolute atomic E-state index is 0.0270. The van der Waals surface area contributed by atoms with Crippen LogP contribution in [0, 0.1) is 12.8 Å². The smallest absolute Gasteiger partial charge is 0.223 e. The molecule has 8 heteroatoms. The summed E-state index contributed by atoms with van der Waals surface area (Å²) in [5, 5.41) is 15.4. The van der Waals surface area contributed by atoms with Crippen molar-refractivity contribution in [3.8, 4) is 0 Å². The summed E-state index contributed by atoms with van der Waals surface area (Å²) >= 11 is 1.67. The highest BCUT2D eigenvalue weighted by molar-refractivity contribution is 7.09. The predicted molar refractivity (Wildman–Crippen MR) is 135 cm³/mol. The maximum absolute atomic E-state index is 13.0. The van der Waals surface area contributed by atoms with E-state index in [4.69, 9.17) is 0 Å². The first kappa shape index (κ1) is 23.9. The summed E-state index contributed by atoms with van der Waals surface area (Å²) < 4.78 is 2.43. The average Bonchev–Trinajstić information content (AvgIpc) is 3.55. The lowest BCUT2D eigenvalue weighted by Crippen LogP contribution is -2.45. The van der Waals surface area contributed by atoms with Crippen molar-refractivity contribution in [2.75, 3.05) is 6.54 Å². The van der Waals surface area contributed by atoms with Crippen molar-refractivity contribution in [2.45, 2.75) is 115 Å². The van der Waals surface area contributed by atoms with Crippen LogP contribution in [0.3, 0.4) is 0 Å². The van der Waals surface area contributed by atoms with Crippen LogP contribution in [-0.4, -0.2) is 49.2 Å². The molecular formula is C26H40N6OS. The van der Waals surface area contributed by atoms with E-state index in [1.807, 2.05) is 11.6 Å². The van der Waals surface area contributed by atoms with Crippen molar-refractivity contribution in [3.05, 3.63) is 28.2 Å². The van der Waals surface area contributed by atoms with E-state index in [1.165, 1.54) is 44.9 Å². The summed E-state index contributed by atoms with van der Waals surface area (Å²) in [5.41, 5.74) is 0. The van der Waals surface area contributed by atoms with Gasteiger partial charge in [0.05, 0.1) is 6.04 Å². The lowest BCUT2D eigenvalue weighted by molar-refractivity contribution is -0.126. The Kier molecular flexibility index (Phi) is 7.35. The predicted octanol–water partition coefficient (Wildman–Crippen LogP) is 5.16. The molecule has 186 valence electrons. The van der Waals surface area contributed by atoms with Gasteiger partial charge in [-0.05, 0) is 51.9 Å². The van der Waals surface area contributed by atoms with Gasteiger partial charge < -0.3 is 9.88 Å². The van der Waals surface area contributed by atoms with Gasteiger partial charge in [0.25, 0.3) is 0 Å². The Morgan fingerprint density at radius 3 is 2.47 bits per heavy atom. The molecule has 1 N–H and O–H groups in total. The Hall–Kier alpha value is -1.80. The zero-order valence-corrected chi connectivity index (χ0v) is 21.8. The summed E-state index contributed by atoms with van der Waals surface area (Å²) in [6.45, 7) is 7.55. The average molecular weight is 485 g/mol. The number of hydrogen-bond donors (Lipinski definition) is 1. The summed E-state index contributed by atoms with van der Waals surface area (Å²) in [4.78, 5) is 20.3. The maximum atomic E-state index is 13.0. The minimum atomic E-state index is 0.0270. The van der Waals surface area contributed by atoms with E-state index in [9.17, 15) is 4.79 Å². The van der Waals surface area contributed by atoms with E-state index in [1.54, 1.807) is 11.3 Å². The van der Waals surface area contributed by atoms with Crippen molar-refractivity contribution in [2.24, 2.45) is 5.92 Å². The molecule has 3 fully saturated rings. The van der Waals surface area contributed by atoms with Gasteiger partial charge in [-0.3, -0.25) is 9.69 Å². The van der Waals surface area contributed by atoms with Crippen LogP contribution in [0.15, 0.2) is 11.6 Å². The van der Waals surface area contributed by atoms with Crippen molar-refractivity contribution in [3.63, 3.8) is 0 Å². The number of aromatic nitrogens is 4. The normalized spacial score (nSPS) is 26.8. The maximum Gasteiger partial charge on any atom is 0.223 e. The lowest BCUT2D eigenvalue weighted by Gasteiger charge is -2.40. The molecule has 4 heterocycles. The fraction of sp³-hybridized carbons (Fsp3) is 0.769. The van der Waals surface area contributed by atoms with Crippen LogP contribution < -0.4 is 5.32 Å². The third kappa shape index (κ3) is 4.94. The van der Waals surface area contributed by atoms with Crippen LogP contribution in [0.1, 0.15) is 113 Å². The highest BCUT2D eigenvalue weighted by atomic mass is 32.1. The molecule has 2 aliphatic heterocycles. The largest absolute Gasteiger partial charge is 0.347 e. The standard InChI is InChI=1S/C26H40N6OS/c1-17(2)24-30-29-18(3)32(24)22-15-20-9-10-21(16-22)31(20)13-11-23(26-27-12-14-34-26)28-25(33)19-7-5-4-6-8-19/h12,14,17,19-23H,4-11,13,15-16H2,1-3H3,(H,28,33)/t20-,21+,22?,23-/m0/s1. The number of hydrogen-bond acceptors (Lipinski definition) is 6. The van der Waals surface area contributed by atoms with Crippen LogP contribution in [-0.2, 0) is 4.79 Å². The van der Waals surface area contributed by atoms with Crippen molar-refractivity contribution in [1.82, 2.24) is 30.0 Å². The van der Waals surface area contributed by atoms with Gasteiger partial charge in [0.2, 0.25) is 5.91 Å². The number of piperidine rings is 1. The van der Waals surface area contributed by atoms with Gasteiger partial charge in [-0.15, -0.1) is 21.5 Å². The van der Waals surface area contributed by atoms with Gasteiger partial charge >= 0.3 is 0 Å². The summed E-state index contributed by atoms with van der Waals surface area (Å²) in [6, 6.07) is 1.74. The van der Waals surface area contributed by atoms with Gasteiger partial charge in [-0.1, -0.05) is 33.1 Å². The molecule has 0 aromatic carbocycles. The van der Waals surface area contributed by atoms with Gasteiger partial charge in [-0.2, -0.15) is 0 Å². The number of nitrogens with one attached hydrogen (secondary N) is 1. The Morgan fingerprint density at radius 1 is 1.09 bits per heavy atom. The molecule has 7 nitrogen and oxygen atoms in total. The molecule has 1 amide bonds. The number of nitrogens with zero attached hydrogens (tertiary/aromatic N) is 5. The van der Waals surface area contributed by atoms with E-state index in [2.05, 4.69) is 50.7 Å². The third-order valence-corrected chi connectivity index (χ3v) is 9.24. The van der Waals surface area contributed by atoms with E-state index in [0.717, 1.165) is 42.5 Å². The second kappa shape index (κ2) is 10.4. The molecule has 0 spiro atoms. The molecule has 3 aliphatic rings. The fourth-order valence-corrected chi connectivity index (χ4v) is 7.37. The number of amides is 1. The van der Waals surface area contributed by atoms with E-state index in [-0.39, 0.29) is 17.9 Å². The Morgan fingerprint density at radius 2 is 1.82 bits per heavy atom. The van der Waals surface area contributed by atoms with Crippen LogP contribution >= 0.6 is 11.3 Å². The SMILES string of the molecule is Cc1nnc(C(C)C)n1C1C[C@H]2CC[C@@H](C1)N2CC[C@H](NC(=O)C1CCCCC1)c1nccs1. The van der Waals surface area contributed by atoms with Crippen molar-refractivity contribution >= 4 is 17.2 Å². The molecule has 1 unspecified atom stereocenters. The first-order valence-electron chi connectivity index (χ1n) is 13.4. The molecule has 4 atom stereocenters.